The summed E-state index contributed by atoms with van der Waals surface area (Å²) in [5, 5.41) is 20.3. The molecule has 1 aliphatic heterocycles. The van der Waals surface area contributed by atoms with Crippen molar-refractivity contribution >= 4 is 23.5 Å². The quantitative estimate of drug-likeness (QED) is 0.390. The zero-order chi connectivity index (χ0) is 26.5. The van der Waals surface area contributed by atoms with Gasteiger partial charge in [-0.2, -0.15) is 13.2 Å². The Morgan fingerprint density at radius 3 is 2.53 bits per heavy atom. The van der Waals surface area contributed by atoms with Crippen LogP contribution >= 0.6 is 0 Å². The summed E-state index contributed by atoms with van der Waals surface area (Å²) in [5.74, 6) is -1.81. The van der Waals surface area contributed by atoms with Gasteiger partial charge >= 0.3 is 12.1 Å². The number of benzene rings is 2. The van der Waals surface area contributed by atoms with Crippen LogP contribution in [-0.4, -0.2) is 52.0 Å². The van der Waals surface area contributed by atoms with Crippen LogP contribution in [0, 0.1) is 5.92 Å². The molecule has 2 heterocycles. The van der Waals surface area contributed by atoms with Crippen molar-refractivity contribution < 1.29 is 42.4 Å². The predicted octanol–water partition coefficient (Wildman–Crippen LogP) is 3.26. The molecule has 36 heavy (non-hydrogen) atoms. The maximum Gasteiger partial charge on any atom is 0.490 e. The zero-order valence-corrected chi connectivity index (χ0v) is 18.7. The van der Waals surface area contributed by atoms with Gasteiger partial charge in [-0.05, 0) is 48.4 Å². The molecule has 4 rings (SSSR count). The third-order valence-corrected chi connectivity index (χ3v) is 5.01. The number of carbonyl (C=O) groups is 2. The number of methoxy groups -OCH3 is 1. The molecule has 3 aromatic rings. The number of ether oxygens (including phenoxy) is 2. The lowest BCUT2D eigenvalue weighted by Gasteiger charge is -2.25. The van der Waals surface area contributed by atoms with Gasteiger partial charge in [0.1, 0.15) is 23.9 Å². The van der Waals surface area contributed by atoms with Gasteiger partial charge in [-0.15, -0.1) is 0 Å². The number of amides is 1. The fourth-order valence-corrected chi connectivity index (χ4v) is 3.23. The molecule has 0 spiro atoms. The number of nitrogens with one attached hydrogen (secondary N) is 1. The Morgan fingerprint density at radius 2 is 1.92 bits per heavy atom. The van der Waals surface area contributed by atoms with E-state index in [9.17, 15) is 23.1 Å². The lowest BCUT2D eigenvalue weighted by atomic mass is 9.95. The number of aromatic hydroxyl groups is 1. The maximum absolute atomic E-state index is 12.7. The lowest BCUT2D eigenvalue weighted by molar-refractivity contribution is -0.192. The second kappa shape index (κ2) is 10.8. The molecule has 0 saturated heterocycles. The Hall–Kier alpha value is -4.55. The number of carboxylic acids is 1. The fourth-order valence-electron chi connectivity index (χ4n) is 3.23. The number of fused-ring (bicyclic) bond motifs is 1. The van der Waals surface area contributed by atoms with E-state index in [0.717, 1.165) is 11.3 Å². The number of aromatic nitrogens is 2. The van der Waals surface area contributed by atoms with Crippen molar-refractivity contribution in [3.63, 3.8) is 0 Å². The van der Waals surface area contributed by atoms with Crippen molar-refractivity contribution in [2.24, 2.45) is 5.92 Å². The van der Waals surface area contributed by atoms with E-state index < -0.39 is 12.1 Å². The lowest BCUT2D eigenvalue weighted by Crippen LogP contribution is -2.32. The van der Waals surface area contributed by atoms with Crippen LogP contribution in [0.1, 0.15) is 5.56 Å². The Balaban J connectivity index is 0.000000454. The highest BCUT2D eigenvalue weighted by atomic mass is 19.4. The van der Waals surface area contributed by atoms with Gasteiger partial charge in [0.2, 0.25) is 11.9 Å². The largest absolute Gasteiger partial charge is 0.506 e. The van der Waals surface area contributed by atoms with Gasteiger partial charge in [0.25, 0.3) is 0 Å². The Bertz CT molecular complexity index is 1270. The number of nitrogens with zero attached hydrogens (tertiary/aromatic N) is 2. The van der Waals surface area contributed by atoms with Gasteiger partial charge in [-0.1, -0.05) is 6.07 Å². The number of anilines is 2. The number of rotatable bonds is 4. The number of hydrogen-bond donors (Lipinski definition) is 4. The Kier molecular flexibility index (Phi) is 7.82. The number of aliphatic carboxylic acids is 1. The Morgan fingerprint density at radius 1 is 1.19 bits per heavy atom. The fraction of sp³-hybridized carbons (Fsp3) is 0.217. The summed E-state index contributed by atoms with van der Waals surface area (Å²) < 4.78 is 42.7. The van der Waals surface area contributed by atoms with Crippen molar-refractivity contribution in [3.05, 3.63) is 54.2 Å². The van der Waals surface area contributed by atoms with Crippen LogP contribution in [0.15, 0.2) is 48.7 Å². The molecule has 2 aromatic carbocycles. The Labute approximate surface area is 202 Å². The number of halogens is 3. The second-order valence-electron chi connectivity index (χ2n) is 7.51. The smallest absolute Gasteiger partial charge is 0.490 e. The molecule has 1 unspecified atom stereocenters. The van der Waals surface area contributed by atoms with Gasteiger partial charge in [-0.3, -0.25) is 4.79 Å². The van der Waals surface area contributed by atoms with Crippen molar-refractivity contribution in [2.45, 2.75) is 12.6 Å². The normalized spacial score (nSPS) is 14.4. The number of alkyl halides is 3. The van der Waals surface area contributed by atoms with E-state index in [1.807, 2.05) is 18.2 Å². The minimum absolute atomic E-state index is 0.0631. The van der Waals surface area contributed by atoms with Crippen LogP contribution < -0.4 is 20.5 Å². The minimum Gasteiger partial charge on any atom is -0.506 e. The molecule has 1 amide bonds. The molecule has 1 aromatic heterocycles. The number of nitrogen functional groups attached to an aromatic ring is 1. The van der Waals surface area contributed by atoms with E-state index >= 15 is 0 Å². The average molecular weight is 506 g/mol. The molecule has 0 fully saturated rings. The summed E-state index contributed by atoms with van der Waals surface area (Å²) in [4.78, 5) is 29.6. The number of carbonyl (C=O) groups excluding carboxylic acids is 1. The highest BCUT2D eigenvalue weighted by molar-refractivity contribution is 5.94. The van der Waals surface area contributed by atoms with Gasteiger partial charge in [0.05, 0.1) is 24.4 Å². The molecule has 10 nitrogen and oxygen atoms in total. The highest BCUT2D eigenvalue weighted by Gasteiger charge is 2.38. The maximum atomic E-state index is 12.7. The highest BCUT2D eigenvalue weighted by Crippen LogP contribution is 2.33. The van der Waals surface area contributed by atoms with Crippen molar-refractivity contribution in [1.82, 2.24) is 9.97 Å². The summed E-state index contributed by atoms with van der Waals surface area (Å²) in [6.07, 6.45) is -3.02. The molecular weight excluding hydrogens is 485 g/mol. The third-order valence-electron chi connectivity index (χ3n) is 5.01. The first-order chi connectivity index (χ1) is 17.0. The molecule has 0 radical (unpaired) electrons. The number of phenols is 1. The van der Waals surface area contributed by atoms with Crippen LogP contribution in [0.5, 0.6) is 17.2 Å². The van der Waals surface area contributed by atoms with Crippen molar-refractivity contribution in [1.29, 1.82) is 0 Å². The molecule has 0 saturated carbocycles. The topological polar surface area (TPSA) is 157 Å². The van der Waals surface area contributed by atoms with Crippen LogP contribution in [0.2, 0.25) is 0 Å². The van der Waals surface area contributed by atoms with Gasteiger partial charge in [0, 0.05) is 11.8 Å². The molecule has 0 aliphatic carbocycles. The van der Waals surface area contributed by atoms with Crippen molar-refractivity contribution in [2.75, 3.05) is 24.8 Å². The molecule has 5 N–H and O–H groups in total. The molecule has 1 atom stereocenters. The average Bonchev–Trinajstić information content (AvgIpc) is 2.84. The summed E-state index contributed by atoms with van der Waals surface area (Å²) in [7, 11) is 1.60. The second-order valence-corrected chi connectivity index (χ2v) is 7.51. The summed E-state index contributed by atoms with van der Waals surface area (Å²) in [5.41, 5.74) is 8.08. The van der Waals surface area contributed by atoms with Gasteiger partial charge in [-0.25, -0.2) is 14.8 Å². The molecule has 1 aliphatic rings. The summed E-state index contributed by atoms with van der Waals surface area (Å²) in [6.45, 7) is 0.268. The number of carboxylic acid groups (broad SMARTS) is 1. The SMILES string of the molecule is COc1ccc2c(c1)CC(C(=O)Nc1ccc(-c3ccnc(N)n3)cc1O)CO2.O=C(O)C(F)(F)F. The van der Waals surface area contributed by atoms with E-state index in [4.69, 9.17) is 25.1 Å². The summed E-state index contributed by atoms with van der Waals surface area (Å²) >= 11 is 0. The van der Waals surface area contributed by atoms with Crippen LogP contribution in [0.3, 0.4) is 0 Å². The van der Waals surface area contributed by atoms with Crippen LogP contribution in [-0.2, 0) is 16.0 Å². The minimum atomic E-state index is -5.08. The standard InChI is InChI=1S/C21H20N4O4.C2HF3O2/c1-28-15-3-5-19-13(9-15)8-14(11-29-19)20(27)24-17-4-2-12(10-18(17)26)16-6-7-23-21(22)25-16;3-2(4,5)1(6)7/h2-7,9-10,14,26H,8,11H2,1H3,(H,24,27)(H2,22,23,25);(H,6,7). The first-order valence-corrected chi connectivity index (χ1v) is 10.3. The number of hydrogen-bond acceptors (Lipinski definition) is 8. The number of nitrogens with two attached hydrogens (primary N) is 1. The number of phenolic OH excluding ortho intramolecular Hbond substituents is 1. The van der Waals surface area contributed by atoms with E-state index in [1.165, 1.54) is 6.07 Å². The van der Waals surface area contributed by atoms with E-state index in [-0.39, 0.29) is 30.1 Å². The third kappa shape index (κ3) is 6.52. The predicted molar refractivity (Wildman–Crippen MR) is 122 cm³/mol. The van der Waals surface area contributed by atoms with E-state index in [2.05, 4.69) is 15.3 Å². The van der Waals surface area contributed by atoms with Gasteiger partial charge < -0.3 is 30.7 Å². The molecule has 190 valence electrons. The zero-order valence-electron chi connectivity index (χ0n) is 18.7. The van der Waals surface area contributed by atoms with Gasteiger partial charge in [0.15, 0.2) is 0 Å². The monoisotopic (exact) mass is 506 g/mol. The molecule has 0 bridgehead atoms. The summed E-state index contributed by atoms with van der Waals surface area (Å²) in [6, 6.07) is 12.1. The first-order valence-electron chi connectivity index (χ1n) is 10.3. The van der Waals surface area contributed by atoms with E-state index in [0.29, 0.717) is 29.1 Å². The van der Waals surface area contributed by atoms with Crippen LogP contribution in [0.4, 0.5) is 24.8 Å². The van der Waals surface area contributed by atoms with Crippen LogP contribution in [0.25, 0.3) is 11.3 Å². The molecule has 13 heteroatoms. The molecular formula is C23H21F3N4O6. The van der Waals surface area contributed by atoms with Crippen molar-refractivity contribution in [3.8, 4) is 28.5 Å². The first kappa shape index (κ1) is 26.1. The van der Waals surface area contributed by atoms with E-state index in [1.54, 1.807) is 31.5 Å².